The summed E-state index contributed by atoms with van der Waals surface area (Å²) in [5.74, 6) is 3.59. The first-order chi connectivity index (χ1) is 16.2. The number of anilines is 1. The molecule has 0 saturated heterocycles. The maximum atomic E-state index is 6.46. The summed E-state index contributed by atoms with van der Waals surface area (Å²) >= 11 is 0. The fourth-order valence-corrected chi connectivity index (χ4v) is 6.33. The third-order valence-electron chi connectivity index (χ3n) is 8.14. The maximum Gasteiger partial charge on any atom is 0.219 e. The Morgan fingerprint density at radius 1 is 0.882 bits per heavy atom. The van der Waals surface area contributed by atoms with E-state index in [1.807, 2.05) is 0 Å². The van der Waals surface area contributed by atoms with Crippen molar-refractivity contribution in [3.8, 4) is 22.6 Å². The Kier molecular flexibility index (Phi) is 5.94. The van der Waals surface area contributed by atoms with Crippen LogP contribution in [0, 0.1) is 11.8 Å². The van der Waals surface area contributed by atoms with Gasteiger partial charge in [-0.25, -0.2) is 9.97 Å². The summed E-state index contributed by atoms with van der Waals surface area (Å²) < 4.78 is 12.1. The van der Waals surface area contributed by atoms with Crippen LogP contribution in [0.5, 0.6) is 11.5 Å². The Labute approximate surface area is 201 Å². The zero-order valence-corrected chi connectivity index (χ0v) is 19.9. The maximum absolute atomic E-state index is 6.46. The van der Waals surface area contributed by atoms with Crippen LogP contribution in [0.25, 0.3) is 11.1 Å². The minimum absolute atomic E-state index is 0. The van der Waals surface area contributed by atoms with E-state index in [9.17, 15) is 0 Å². The zero-order chi connectivity index (χ0) is 22.4. The Balaban J connectivity index is 0.00000241. The molecule has 0 aliphatic heterocycles. The highest BCUT2D eigenvalue weighted by atomic mass is 16.5. The van der Waals surface area contributed by atoms with Gasteiger partial charge in [0.25, 0.3) is 0 Å². The van der Waals surface area contributed by atoms with E-state index in [4.69, 9.17) is 15.2 Å². The molecule has 6 rings (SSSR count). The Bertz CT molecular complexity index is 1140. The van der Waals surface area contributed by atoms with Crippen LogP contribution in [0.15, 0.2) is 54.9 Å². The van der Waals surface area contributed by atoms with Crippen LogP contribution in [-0.4, -0.2) is 23.2 Å². The molecule has 3 unspecified atom stereocenters. The first-order valence-corrected chi connectivity index (χ1v) is 12.2. The highest BCUT2D eigenvalue weighted by Gasteiger charge is 2.59. The van der Waals surface area contributed by atoms with Crippen molar-refractivity contribution in [1.82, 2.24) is 16.1 Å². The number of hydrogen-bond donors (Lipinski definition) is 2. The van der Waals surface area contributed by atoms with Gasteiger partial charge in [-0.3, -0.25) is 0 Å². The van der Waals surface area contributed by atoms with Crippen molar-refractivity contribution in [2.45, 2.75) is 56.5 Å². The summed E-state index contributed by atoms with van der Waals surface area (Å²) in [5.41, 5.74) is 10.6. The van der Waals surface area contributed by atoms with E-state index >= 15 is 0 Å². The lowest BCUT2D eigenvalue weighted by molar-refractivity contribution is 0.200. The molecule has 6 nitrogen and oxygen atoms in total. The fourth-order valence-electron chi connectivity index (χ4n) is 6.33. The van der Waals surface area contributed by atoms with Gasteiger partial charge in [-0.1, -0.05) is 30.3 Å². The summed E-state index contributed by atoms with van der Waals surface area (Å²) in [4.78, 5) is 8.29. The third kappa shape index (κ3) is 3.80. The van der Waals surface area contributed by atoms with E-state index in [0.717, 1.165) is 41.4 Å². The first kappa shape index (κ1) is 22.7. The van der Waals surface area contributed by atoms with Crippen molar-refractivity contribution >= 4 is 5.95 Å². The molecule has 1 heterocycles. The molecule has 0 bridgehead atoms. The van der Waals surface area contributed by atoms with Gasteiger partial charge in [0.05, 0.1) is 13.2 Å². The van der Waals surface area contributed by atoms with Crippen LogP contribution in [0.2, 0.25) is 0 Å². The number of benzene rings is 2. The monoisotopic (exact) mass is 458 g/mol. The second-order valence-electron chi connectivity index (χ2n) is 9.91. The van der Waals surface area contributed by atoms with E-state index in [1.165, 1.54) is 43.2 Å². The molecule has 1 aromatic heterocycles. The molecule has 178 valence electrons. The van der Waals surface area contributed by atoms with Crippen LogP contribution in [0.3, 0.4) is 0 Å². The normalized spacial score (nSPS) is 25.4. The number of nitrogens with zero attached hydrogens (tertiary/aromatic N) is 2. The molecule has 3 aliphatic rings. The van der Waals surface area contributed by atoms with Crippen LogP contribution < -0.4 is 21.4 Å². The third-order valence-corrected chi connectivity index (χ3v) is 8.14. The van der Waals surface area contributed by atoms with Crippen LogP contribution in [0.4, 0.5) is 5.95 Å². The van der Waals surface area contributed by atoms with E-state index in [-0.39, 0.29) is 11.6 Å². The topological polar surface area (TPSA) is 105 Å². The smallest absolute Gasteiger partial charge is 0.219 e. The minimum Gasteiger partial charge on any atom is -0.493 e. The molecule has 3 atom stereocenters. The van der Waals surface area contributed by atoms with Crippen molar-refractivity contribution in [3.05, 3.63) is 66.0 Å². The number of hydrogen-bond acceptors (Lipinski definition) is 6. The van der Waals surface area contributed by atoms with Gasteiger partial charge < -0.3 is 21.4 Å². The average molecular weight is 459 g/mol. The number of rotatable bonds is 6. The minimum atomic E-state index is 0. The second-order valence-corrected chi connectivity index (χ2v) is 9.91. The van der Waals surface area contributed by atoms with Gasteiger partial charge in [-0.05, 0) is 85.6 Å². The summed E-state index contributed by atoms with van der Waals surface area (Å²) in [6.45, 7) is 0. The zero-order valence-electron chi connectivity index (χ0n) is 19.9. The van der Waals surface area contributed by atoms with E-state index in [1.54, 1.807) is 19.5 Å². The van der Waals surface area contributed by atoms with Crippen molar-refractivity contribution < 1.29 is 9.47 Å². The Morgan fingerprint density at radius 3 is 2.21 bits per heavy atom. The van der Waals surface area contributed by atoms with Crippen molar-refractivity contribution in [3.63, 3.8) is 0 Å². The standard InChI is InChI=1S/C28H31N3O2.H3N/c1-32-25-11-10-22(15-26(25)33-23-4-2-3-5-23)28(13-12-19-14-24(19)28)21-8-6-18(7-9-21)20-16-30-27(29)31-17-20;/h6-11,15-17,19,23-24H,2-5,12-14H2,1H3,(H2,29,30,31);1H3. The predicted molar refractivity (Wildman–Crippen MR) is 134 cm³/mol. The molecule has 0 spiro atoms. The second kappa shape index (κ2) is 8.91. The molecular formula is C28H34N4O2. The lowest BCUT2D eigenvalue weighted by Crippen LogP contribution is -2.28. The first-order valence-electron chi connectivity index (χ1n) is 12.2. The molecule has 0 amide bonds. The molecule has 3 fully saturated rings. The SMILES string of the molecule is COc1ccc(C2(c3ccc(-c4cnc(N)nc4)cc3)CCC3CC32)cc1OC1CCCC1.N. The van der Waals surface area contributed by atoms with Crippen molar-refractivity contribution in [1.29, 1.82) is 0 Å². The Hall–Kier alpha value is -3.12. The lowest BCUT2D eigenvalue weighted by atomic mass is 9.70. The van der Waals surface area contributed by atoms with Crippen molar-refractivity contribution in [2.75, 3.05) is 12.8 Å². The molecule has 6 heteroatoms. The predicted octanol–water partition coefficient (Wildman–Crippen LogP) is 5.93. The number of nitrogen functional groups attached to an aromatic ring is 1. The van der Waals surface area contributed by atoms with Gasteiger partial charge in [0.1, 0.15) is 0 Å². The van der Waals surface area contributed by atoms with Gasteiger partial charge in [-0.15, -0.1) is 0 Å². The summed E-state index contributed by atoms with van der Waals surface area (Å²) in [5, 5.41) is 0. The lowest BCUT2D eigenvalue weighted by Gasteiger charge is -2.34. The molecule has 34 heavy (non-hydrogen) atoms. The van der Waals surface area contributed by atoms with Crippen molar-refractivity contribution in [2.24, 2.45) is 11.8 Å². The number of fused-ring (bicyclic) bond motifs is 1. The highest BCUT2D eigenvalue weighted by Crippen LogP contribution is 2.65. The molecular weight excluding hydrogens is 424 g/mol. The van der Waals surface area contributed by atoms with Gasteiger partial charge in [0.15, 0.2) is 11.5 Å². The summed E-state index contributed by atoms with van der Waals surface area (Å²) in [7, 11) is 1.73. The van der Waals surface area contributed by atoms with Gasteiger partial charge >= 0.3 is 0 Å². The molecule has 3 aliphatic carbocycles. The number of nitrogens with two attached hydrogens (primary N) is 1. The largest absolute Gasteiger partial charge is 0.493 e. The fraction of sp³-hybridized carbons (Fsp3) is 0.429. The van der Waals surface area contributed by atoms with E-state index in [0.29, 0.717) is 18.0 Å². The highest BCUT2D eigenvalue weighted by molar-refractivity contribution is 5.63. The Morgan fingerprint density at radius 2 is 1.59 bits per heavy atom. The number of aromatic nitrogens is 2. The van der Waals surface area contributed by atoms with Gasteiger partial charge in [0, 0.05) is 23.4 Å². The van der Waals surface area contributed by atoms with E-state index < -0.39 is 0 Å². The van der Waals surface area contributed by atoms with Crippen LogP contribution in [-0.2, 0) is 5.41 Å². The quantitative estimate of drug-likeness (QED) is 0.474. The molecule has 3 saturated carbocycles. The molecule has 3 aromatic rings. The summed E-state index contributed by atoms with van der Waals surface area (Å²) in [6, 6.07) is 15.6. The van der Waals surface area contributed by atoms with Crippen LogP contribution >= 0.6 is 0 Å². The van der Waals surface area contributed by atoms with Gasteiger partial charge in [0.2, 0.25) is 5.95 Å². The number of methoxy groups -OCH3 is 1. The molecule has 0 radical (unpaired) electrons. The number of ether oxygens (including phenoxy) is 2. The van der Waals surface area contributed by atoms with E-state index in [2.05, 4.69) is 52.4 Å². The molecule has 5 N–H and O–H groups in total. The van der Waals surface area contributed by atoms with Crippen LogP contribution in [0.1, 0.15) is 56.1 Å². The average Bonchev–Trinajstić information content (AvgIpc) is 3.27. The van der Waals surface area contributed by atoms with Gasteiger partial charge in [-0.2, -0.15) is 0 Å². The molecule has 2 aromatic carbocycles. The summed E-state index contributed by atoms with van der Waals surface area (Å²) in [6.07, 6.45) is 12.5.